The number of thiophene rings is 1. The van der Waals surface area contributed by atoms with Crippen LogP contribution in [0.3, 0.4) is 0 Å². The summed E-state index contributed by atoms with van der Waals surface area (Å²) < 4.78 is 4.87. The number of hydrogen-bond donors (Lipinski definition) is 0. The van der Waals surface area contributed by atoms with Gasteiger partial charge in [-0.05, 0) is 53.6 Å². The highest BCUT2D eigenvalue weighted by molar-refractivity contribution is 7.25. The average Bonchev–Trinajstić information content (AvgIpc) is 3.73. The largest absolute Gasteiger partial charge is 0.294 e. The lowest BCUT2D eigenvalue weighted by molar-refractivity contribution is 1.05. The molecule has 234 valence electrons. The number of benzene rings is 6. The van der Waals surface area contributed by atoms with E-state index in [1.807, 2.05) is 78.2 Å². The van der Waals surface area contributed by atoms with Crippen LogP contribution in [-0.4, -0.2) is 24.5 Å². The van der Waals surface area contributed by atoms with Crippen molar-refractivity contribution in [2.24, 2.45) is 0 Å². The van der Waals surface area contributed by atoms with Crippen LogP contribution in [0, 0.1) is 0 Å². The lowest BCUT2D eigenvalue weighted by Gasteiger charge is -2.10. The van der Waals surface area contributed by atoms with Crippen molar-refractivity contribution in [3.05, 3.63) is 164 Å². The SMILES string of the molecule is c1ccc(-c2nc(-c3ccccc3)nc(-c3ccc(-n4c5ccccc5c5cc(-c6ccc7c(c6)sc6ccccc67)ccc54)nc3)n2)cc1. The minimum Gasteiger partial charge on any atom is -0.294 e. The molecule has 10 aromatic rings. The molecule has 5 nitrogen and oxygen atoms in total. The Morgan fingerprint density at radius 3 is 1.66 bits per heavy atom. The van der Waals surface area contributed by atoms with E-state index in [0.29, 0.717) is 17.5 Å². The van der Waals surface area contributed by atoms with Gasteiger partial charge in [-0.1, -0.05) is 115 Å². The van der Waals surface area contributed by atoms with Crippen LogP contribution in [0.4, 0.5) is 0 Å². The molecule has 0 saturated carbocycles. The molecule has 0 aliphatic carbocycles. The molecule has 0 aliphatic rings. The smallest absolute Gasteiger partial charge is 0.165 e. The standard InChI is InChI=1S/C44H27N5S/c1-3-11-28(12-4-1)42-46-43(29-13-5-2-6-14-29)48-44(47-42)32-21-24-41(45-27-32)49-37-17-9-7-15-33(37)36-25-30(20-23-38(36)49)31-19-22-35-34-16-8-10-18-39(34)50-40(35)26-31/h1-27H. The third-order valence-corrected chi connectivity index (χ3v) is 10.5. The third-order valence-electron chi connectivity index (χ3n) is 9.32. The van der Waals surface area contributed by atoms with Crippen LogP contribution in [0.5, 0.6) is 0 Å². The molecule has 0 amide bonds. The van der Waals surface area contributed by atoms with Crippen LogP contribution < -0.4 is 0 Å². The molecule has 0 spiro atoms. The van der Waals surface area contributed by atoms with Gasteiger partial charge in [0.1, 0.15) is 5.82 Å². The zero-order chi connectivity index (χ0) is 33.0. The molecule has 4 aromatic heterocycles. The van der Waals surface area contributed by atoms with E-state index < -0.39 is 0 Å². The third kappa shape index (κ3) is 4.77. The maximum absolute atomic E-state index is 5.00. The maximum Gasteiger partial charge on any atom is 0.165 e. The van der Waals surface area contributed by atoms with Crippen LogP contribution in [0.15, 0.2) is 164 Å². The van der Waals surface area contributed by atoms with Crippen LogP contribution >= 0.6 is 11.3 Å². The number of rotatable bonds is 5. The number of pyridine rings is 1. The minimum absolute atomic E-state index is 0.583. The molecule has 0 aliphatic heterocycles. The van der Waals surface area contributed by atoms with Gasteiger partial charge in [-0.2, -0.15) is 0 Å². The summed E-state index contributed by atoms with van der Waals surface area (Å²) in [6.45, 7) is 0. The molecule has 0 fully saturated rings. The van der Waals surface area contributed by atoms with E-state index in [2.05, 4.69) is 102 Å². The molecule has 0 radical (unpaired) electrons. The van der Waals surface area contributed by atoms with Crippen molar-refractivity contribution in [1.29, 1.82) is 0 Å². The molecule has 0 unspecified atom stereocenters. The fourth-order valence-corrected chi connectivity index (χ4v) is 8.04. The molecule has 0 bridgehead atoms. The first-order valence-electron chi connectivity index (χ1n) is 16.6. The number of fused-ring (bicyclic) bond motifs is 6. The van der Waals surface area contributed by atoms with Crippen molar-refractivity contribution in [3.63, 3.8) is 0 Å². The van der Waals surface area contributed by atoms with E-state index in [1.165, 1.54) is 42.1 Å². The van der Waals surface area contributed by atoms with Crippen molar-refractivity contribution in [2.75, 3.05) is 0 Å². The Labute approximate surface area is 291 Å². The Kier molecular flexibility index (Phi) is 6.60. The second kappa shape index (κ2) is 11.6. The van der Waals surface area contributed by atoms with Crippen molar-refractivity contribution < 1.29 is 0 Å². The molecule has 6 aromatic carbocycles. The number of nitrogens with zero attached hydrogens (tertiary/aromatic N) is 5. The molecule has 10 rings (SSSR count). The summed E-state index contributed by atoms with van der Waals surface area (Å²) in [4.78, 5) is 19.6. The highest BCUT2D eigenvalue weighted by Crippen LogP contribution is 2.39. The highest BCUT2D eigenvalue weighted by atomic mass is 32.1. The summed E-state index contributed by atoms with van der Waals surface area (Å²) in [5.41, 5.74) is 7.32. The highest BCUT2D eigenvalue weighted by Gasteiger charge is 2.16. The normalized spacial score (nSPS) is 11.6. The number of para-hydroxylation sites is 1. The Balaban J connectivity index is 1.07. The molecule has 50 heavy (non-hydrogen) atoms. The van der Waals surface area contributed by atoms with Gasteiger partial charge in [-0.25, -0.2) is 19.9 Å². The van der Waals surface area contributed by atoms with Gasteiger partial charge in [0.2, 0.25) is 0 Å². The predicted octanol–water partition coefficient (Wildman–Crippen LogP) is 11.4. The maximum atomic E-state index is 5.00. The lowest BCUT2D eigenvalue weighted by atomic mass is 10.0. The topological polar surface area (TPSA) is 56.5 Å². The molecular formula is C44H27N5S. The summed E-state index contributed by atoms with van der Waals surface area (Å²) in [7, 11) is 0. The fraction of sp³-hybridized carbons (Fsp3) is 0. The van der Waals surface area contributed by atoms with Crippen molar-refractivity contribution in [1.82, 2.24) is 24.5 Å². The van der Waals surface area contributed by atoms with Gasteiger partial charge >= 0.3 is 0 Å². The predicted molar refractivity (Wildman–Crippen MR) is 207 cm³/mol. The minimum atomic E-state index is 0.583. The monoisotopic (exact) mass is 657 g/mol. The Morgan fingerprint density at radius 1 is 0.380 bits per heavy atom. The average molecular weight is 658 g/mol. The zero-order valence-corrected chi connectivity index (χ0v) is 27.5. The van der Waals surface area contributed by atoms with Crippen LogP contribution in [0.25, 0.3) is 93.1 Å². The molecule has 6 heteroatoms. The van der Waals surface area contributed by atoms with E-state index in [-0.39, 0.29) is 0 Å². The summed E-state index contributed by atoms with van der Waals surface area (Å²) in [5, 5.41) is 5.01. The van der Waals surface area contributed by atoms with Gasteiger partial charge in [0, 0.05) is 53.8 Å². The molecule has 0 saturated heterocycles. The van der Waals surface area contributed by atoms with Gasteiger partial charge in [-0.3, -0.25) is 4.57 Å². The van der Waals surface area contributed by atoms with Gasteiger partial charge < -0.3 is 0 Å². The summed E-state index contributed by atoms with van der Waals surface area (Å²) in [6, 6.07) is 55.0. The first-order valence-corrected chi connectivity index (χ1v) is 17.4. The van der Waals surface area contributed by atoms with Gasteiger partial charge in [0.05, 0.1) is 11.0 Å². The number of aromatic nitrogens is 5. The van der Waals surface area contributed by atoms with Gasteiger partial charge in [0.25, 0.3) is 0 Å². The molecule has 0 atom stereocenters. The Bertz CT molecular complexity index is 2800. The Hall–Kier alpha value is -6.50. The van der Waals surface area contributed by atoms with Crippen LogP contribution in [0.1, 0.15) is 0 Å². The second-order valence-electron chi connectivity index (χ2n) is 12.3. The lowest BCUT2D eigenvalue weighted by Crippen LogP contribution is -2.01. The Morgan fingerprint density at radius 2 is 0.940 bits per heavy atom. The van der Waals surface area contributed by atoms with E-state index in [9.17, 15) is 0 Å². The summed E-state index contributed by atoms with van der Waals surface area (Å²) in [6.07, 6.45) is 1.86. The van der Waals surface area contributed by atoms with E-state index in [4.69, 9.17) is 19.9 Å². The molecule has 4 heterocycles. The van der Waals surface area contributed by atoms with Crippen LogP contribution in [0.2, 0.25) is 0 Å². The molecular weight excluding hydrogens is 631 g/mol. The first kappa shape index (κ1) is 28.5. The summed E-state index contributed by atoms with van der Waals surface area (Å²) >= 11 is 1.85. The second-order valence-corrected chi connectivity index (χ2v) is 13.4. The van der Waals surface area contributed by atoms with Crippen molar-refractivity contribution >= 4 is 53.3 Å². The van der Waals surface area contributed by atoms with Gasteiger partial charge in [0.15, 0.2) is 17.5 Å². The first-order chi connectivity index (χ1) is 24.8. The molecule has 0 N–H and O–H groups in total. The number of hydrogen-bond acceptors (Lipinski definition) is 5. The zero-order valence-electron chi connectivity index (χ0n) is 26.7. The summed E-state index contributed by atoms with van der Waals surface area (Å²) in [5.74, 6) is 2.67. The van der Waals surface area contributed by atoms with Crippen LogP contribution in [-0.2, 0) is 0 Å². The van der Waals surface area contributed by atoms with Crippen molar-refractivity contribution in [3.8, 4) is 51.1 Å². The van der Waals surface area contributed by atoms with E-state index >= 15 is 0 Å². The quantitative estimate of drug-likeness (QED) is 0.185. The van der Waals surface area contributed by atoms with E-state index in [1.54, 1.807) is 0 Å². The van der Waals surface area contributed by atoms with Gasteiger partial charge in [-0.15, -0.1) is 11.3 Å². The van der Waals surface area contributed by atoms with Crippen molar-refractivity contribution in [2.45, 2.75) is 0 Å². The van der Waals surface area contributed by atoms with E-state index in [0.717, 1.165) is 33.5 Å². The fourth-order valence-electron chi connectivity index (χ4n) is 6.89.